The average molecular weight is 239 g/mol. The van der Waals surface area contributed by atoms with Gasteiger partial charge in [0.15, 0.2) is 0 Å². The Labute approximate surface area is 102 Å². The molecule has 0 atom stereocenters. The van der Waals surface area contributed by atoms with Crippen LogP contribution in [0.15, 0.2) is 4.42 Å². The van der Waals surface area contributed by atoms with Gasteiger partial charge in [-0.2, -0.15) is 0 Å². The highest BCUT2D eigenvalue weighted by molar-refractivity contribution is 4.86. The Morgan fingerprint density at radius 3 is 2.65 bits per heavy atom. The van der Waals surface area contributed by atoms with E-state index in [-0.39, 0.29) is 12.0 Å². The highest BCUT2D eigenvalue weighted by Crippen LogP contribution is 2.35. The van der Waals surface area contributed by atoms with E-state index in [4.69, 9.17) is 4.42 Å². The average Bonchev–Trinajstić information content (AvgIpc) is 2.76. The molecule has 96 valence electrons. The molecule has 1 fully saturated rings. The first-order valence-electron chi connectivity index (χ1n) is 6.35. The summed E-state index contributed by atoms with van der Waals surface area (Å²) in [4.78, 5) is 0. The monoisotopic (exact) mass is 239 g/mol. The zero-order valence-corrected chi connectivity index (χ0v) is 10.4. The van der Waals surface area contributed by atoms with Crippen molar-refractivity contribution in [1.82, 2.24) is 15.5 Å². The Morgan fingerprint density at radius 1 is 1.29 bits per heavy atom. The van der Waals surface area contributed by atoms with E-state index in [1.807, 2.05) is 0 Å². The fourth-order valence-electron chi connectivity index (χ4n) is 2.54. The van der Waals surface area contributed by atoms with Crippen molar-refractivity contribution in [3.05, 3.63) is 11.8 Å². The van der Waals surface area contributed by atoms with Gasteiger partial charge in [-0.25, -0.2) is 0 Å². The van der Waals surface area contributed by atoms with E-state index in [1.165, 1.54) is 19.3 Å². The lowest BCUT2D eigenvalue weighted by Gasteiger charge is -2.35. The molecule has 1 saturated carbocycles. The van der Waals surface area contributed by atoms with Crippen molar-refractivity contribution >= 4 is 0 Å². The molecule has 1 aliphatic rings. The summed E-state index contributed by atoms with van der Waals surface area (Å²) in [6.07, 6.45) is 5.97. The van der Waals surface area contributed by atoms with E-state index < -0.39 is 0 Å². The second kappa shape index (κ2) is 5.60. The molecule has 0 bridgehead atoms. The van der Waals surface area contributed by atoms with E-state index >= 15 is 0 Å². The minimum atomic E-state index is 0.0628. The number of aryl methyl sites for hydroxylation is 1. The van der Waals surface area contributed by atoms with Crippen LogP contribution in [0.25, 0.3) is 0 Å². The molecule has 1 aromatic rings. The van der Waals surface area contributed by atoms with Crippen LogP contribution in [0.2, 0.25) is 0 Å². The summed E-state index contributed by atoms with van der Waals surface area (Å²) >= 11 is 0. The van der Waals surface area contributed by atoms with Crippen LogP contribution in [0, 0.1) is 12.3 Å². The normalized spacial score (nSPS) is 19.4. The van der Waals surface area contributed by atoms with Crippen molar-refractivity contribution in [3.63, 3.8) is 0 Å². The molecule has 5 nitrogen and oxygen atoms in total. The summed E-state index contributed by atoms with van der Waals surface area (Å²) in [6, 6.07) is 0. The number of aliphatic hydroxyl groups excluding tert-OH is 1. The van der Waals surface area contributed by atoms with Crippen LogP contribution < -0.4 is 5.32 Å². The van der Waals surface area contributed by atoms with Crippen LogP contribution in [-0.2, 0) is 6.54 Å². The highest BCUT2D eigenvalue weighted by Gasteiger charge is 2.30. The predicted octanol–water partition coefficient (Wildman–Crippen LogP) is 1.41. The van der Waals surface area contributed by atoms with E-state index in [0.717, 1.165) is 19.4 Å². The first-order chi connectivity index (χ1) is 8.24. The number of aliphatic hydroxyl groups is 1. The molecule has 17 heavy (non-hydrogen) atoms. The van der Waals surface area contributed by atoms with Crippen molar-refractivity contribution < 1.29 is 9.52 Å². The predicted molar refractivity (Wildman–Crippen MR) is 63.3 cm³/mol. The summed E-state index contributed by atoms with van der Waals surface area (Å²) in [7, 11) is 0. The van der Waals surface area contributed by atoms with Crippen LogP contribution in [0.5, 0.6) is 0 Å². The SMILES string of the molecule is Cc1nnc(CNCC2(CO)CCCCC2)o1. The number of hydrogen-bond donors (Lipinski definition) is 2. The van der Waals surface area contributed by atoms with E-state index in [2.05, 4.69) is 15.5 Å². The van der Waals surface area contributed by atoms with E-state index in [0.29, 0.717) is 18.3 Å². The molecule has 1 heterocycles. The second-order valence-corrected chi connectivity index (χ2v) is 5.04. The summed E-state index contributed by atoms with van der Waals surface area (Å²) in [5, 5.41) is 20.6. The molecule has 5 heteroatoms. The van der Waals surface area contributed by atoms with Gasteiger partial charge in [-0.05, 0) is 12.8 Å². The van der Waals surface area contributed by atoms with Gasteiger partial charge in [0.05, 0.1) is 6.54 Å². The maximum atomic E-state index is 9.55. The third-order valence-electron chi connectivity index (χ3n) is 3.59. The van der Waals surface area contributed by atoms with Crippen molar-refractivity contribution in [2.45, 2.75) is 45.6 Å². The molecule has 0 amide bonds. The lowest BCUT2D eigenvalue weighted by Crippen LogP contribution is -2.38. The first-order valence-corrected chi connectivity index (χ1v) is 6.35. The molecule has 0 aromatic carbocycles. The first kappa shape index (κ1) is 12.5. The highest BCUT2D eigenvalue weighted by atomic mass is 16.4. The zero-order valence-electron chi connectivity index (χ0n) is 10.4. The minimum Gasteiger partial charge on any atom is -0.424 e. The number of nitrogens with one attached hydrogen (secondary N) is 1. The number of rotatable bonds is 5. The topological polar surface area (TPSA) is 71.2 Å². The number of hydrogen-bond acceptors (Lipinski definition) is 5. The smallest absolute Gasteiger partial charge is 0.230 e. The molecule has 0 unspecified atom stereocenters. The van der Waals surface area contributed by atoms with Gasteiger partial charge in [-0.3, -0.25) is 0 Å². The van der Waals surface area contributed by atoms with Gasteiger partial charge in [0.2, 0.25) is 11.8 Å². The molecular formula is C12H21N3O2. The molecule has 0 saturated heterocycles. The standard InChI is InChI=1S/C12H21N3O2/c1-10-14-15-11(17-10)7-13-8-12(9-16)5-3-2-4-6-12/h13,16H,2-9H2,1H3. The molecule has 2 N–H and O–H groups in total. The van der Waals surface area contributed by atoms with Crippen LogP contribution in [0.4, 0.5) is 0 Å². The zero-order chi connectivity index (χ0) is 12.1. The van der Waals surface area contributed by atoms with Gasteiger partial charge >= 0.3 is 0 Å². The Hall–Kier alpha value is -0.940. The van der Waals surface area contributed by atoms with E-state index in [1.54, 1.807) is 6.92 Å². The summed E-state index contributed by atoms with van der Waals surface area (Å²) in [5.41, 5.74) is 0.0628. The molecule has 1 aliphatic carbocycles. The third-order valence-corrected chi connectivity index (χ3v) is 3.59. The lowest BCUT2D eigenvalue weighted by atomic mass is 9.74. The van der Waals surface area contributed by atoms with Gasteiger partial charge in [-0.15, -0.1) is 10.2 Å². The summed E-state index contributed by atoms with van der Waals surface area (Å²) in [6.45, 7) is 3.46. The van der Waals surface area contributed by atoms with Crippen LogP contribution in [0.1, 0.15) is 43.9 Å². The molecule has 0 aliphatic heterocycles. The van der Waals surface area contributed by atoms with Crippen LogP contribution in [0.3, 0.4) is 0 Å². The summed E-state index contributed by atoms with van der Waals surface area (Å²) in [5.74, 6) is 1.21. The number of nitrogens with zero attached hydrogens (tertiary/aromatic N) is 2. The van der Waals surface area contributed by atoms with E-state index in [9.17, 15) is 5.11 Å². The summed E-state index contributed by atoms with van der Waals surface area (Å²) < 4.78 is 5.29. The van der Waals surface area contributed by atoms with Crippen molar-refractivity contribution in [2.75, 3.05) is 13.2 Å². The quantitative estimate of drug-likeness (QED) is 0.813. The maximum absolute atomic E-state index is 9.55. The fourth-order valence-corrected chi connectivity index (χ4v) is 2.54. The van der Waals surface area contributed by atoms with Crippen LogP contribution >= 0.6 is 0 Å². The maximum Gasteiger partial charge on any atom is 0.230 e. The Kier molecular flexibility index (Phi) is 4.12. The van der Waals surface area contributed by atoms with Gasteiger partial charge in [0, 0.05) is 25.5 Å². The van der Waals surface area contributed by atoms with Crippen molar-refractivity contribution in [1.29, 1.82) is 0 Å². The Bertz CT molecular complexity index is 345. The van der Waals surface area contributed by atoms with Gasteiger partial charge in [-0.1, -0.05) is 19.3 Å². The molecule has 1 aromatic heterocycles. The van der Waals surface area contributed by atoms with Crippen molar-refractivity contribution in [3.8, 4) is 0 Å². The van der Waals surface area contributed by atoms with Crippen molar-refractivity contribution in [2.24, 2.45) is 5.41 Å². The number of aromatic nitrogens is 2. The molecule has 0 spiro atoms. The Balaban J connectivity index is 1.79. The molecule has 0 radical (unpaired) electrons. The fraction of sp³-hybridized carbons (Fsp3) is 0.833. The lowest BCUT2D eigenvalue weighted by molar-refractivity contribution is 0.0804. The van der Waals surface area contributed by atoms with Crippen LogP contribution in [-0.4, -0.2) is 28.5 Å². The Morgan fingerprint density at radius 2 is 2.06 bits per heavy atom. The minimum absolute atomic E-state index is 0.0628. The largest absolute Gasteiger partial charge is 0.424 e. The molecular weight excluding hydrogens is 218 g/mol. The molecule has 2 rings (SSSR count). The van der Waals surface area contributed by atoms with Gasteiger partial charge < -0.3 is 14.8 Å². The van der Waals surface area contributed by atoms with Gasteiger partial charge in [0.1, 0.15) is 0 Å². The third kappa shape index (κ3) is 3.26. The van der Waals surface area contributed by atoms with Gasteiger partial charge in [0.25, 0.3) is 0 Å². The second-order valence-electron chi connectivity index (χ2n) is 5.04.